The molecule has 0 saturated carbocycles. The van der Waals surface area contributed by atoms with Crippen LogP contribution in [0.3, 0.4) is 0 Å². The van der Waals surface area contributed by atoms with Crippen LogP contribution in [0.4, 0.5) is 0 Å². The van der Waals surface area contributed by atoms with Crippen molar-refractivity contribution in [2.75, 3.05) is 7.05 Å². The lowest BCUT2D eigenvalue weighted by Crippen LogP contribution is -2.05. The van der Waals surface area contributed by atoms with Crippen LogP contribution in [0.25, 0.3) is 10.9 Å². The van der Waals surface area contributed by atoms with Crippen molar-refractivity contribution in [3.63, 3.8) is 0 Å². The van der Waals surface area contributed by atoms with Gasteiger partial charge < -0.3 is 10.3 Å². The molecule has 0 atom stereocenters. The predicted molar refractivity (Wildman–Crippen MR) is 86.4 cm³/mol. The van der Waals surface area contributed by atoms with Gasteiger partial charge in [0, 0.05) is 33.4 Å². The Kier molecular flexibility index (Phi) is 3.81. The molecule has 0 fully saturated rings. The number of H-pyrrole nitrogens is 1. The molecule has 3 rings (SSSR count). The standard InChI is InChI=1S/C17H18N2S/c1-12-7-8-14-15(9-12)19-11-17(14)20-16-6-4-3-5-13(16)10-18-2/h3-9,11,18-19H,10H2,1-2H3. The van der Waals surface area contributed by atoms with Gasteiger partial charge in [-0.1, -0.05) is 42.1 Å². The lowest BCUT2D eigenvalue weighted by atomic mass is 10.2. The Hall–Kier alpha value is -1.71. The Morgan fingerprint density at radius 3 is 2.80 bits per heavy atom. The second-order valence-electron chi connectivity index (χ2n) is 4.94. The van der Waals surface area contributed by atoms with E-state index in [1.807, 2.05) is 18.8 Å². The van der Waals surface area contributed by atoms with Gasteiger partial charge in [0.2, 0.25) is 0 Å². The van der Waals surface area contributed by atoms with Gasteiger partial charge in [0.05, 0.1) is 0 Å². The van der Waals surface area contributed by atoms with E-state index in [-0.39, 0.29) is 0 Å². The summed E-state index contributed by atoms with van der Waals surface area (Å²) in [4.78, 5) is 5.95. The van der Waals surface area contributed by atoms with Crippen LogP contribution in [-0.4, -0.2) is 12.0 Å². The number of benzene rings is 2. The van der Waals surface area contributed by atoms with Crippen molar-refractivity contribution in [1.29, 1.82) is 0 Å². The van der Waals surface area contributed by atoms with E-state index < -0.39 is 0 Å². The number of rotatable bonds is 4. The van der Waals surface area contributed by atoms with Crippen LogP contribution < -0.4 is 5.32 Å². The Balaban J connectivity index is 1.97. The van der Waals surface area contributed by atoms with Crippen LogP contribution >= 0.6 is 11.8 Å². The molecule has 0 radical (unpaired) electrons. The first-order chi connectivity index (χ1) is 9.78. The fourth-order valence-electron chi connectivity index (χ4n) is 2.36. The third-order valence-electron chi connectivity index (χ3n) is 3.36. The van der Waals surface area contributed by atoms with Crippen LogP contribution in [0.15, 0.2) is 58.5 Å². The summed E-state index contributed by atoms with van der Waals surface area (Å²) in [6, 6.07) is 15.1. The van der Waals surface area contributed by atoms with Gasteiger partial charge in [-0.2, -0.15) is 0 Å². The van der Waals surface area contributed by atoms with Crippen LogP contribution in [-0.2, 0) is 6.54 Å². The molecule has 0 aliphatic heterocycles. The summed E-state index contributed by atoms with van der Waals surface area (Å²) in [7, 11) is 1.98. The van der Waals surface area contributed by atoms with Gasteiger partial charge in [-0.05, 0) is 37.2 Å². The second-order valence-corrected chi connectivity index (χ2v) is 6.03. The Morgan fingerprint density at radius 2 is 1.95 bits per heavy atom. The highest BCUT2D eigenvalue weighted by Gasteiger charge is 2.08. The molecule has 0 spiro atoms. The SMILES string of the molecule is CNCc1ccccc1Sc1c[nH]c2cc(C)ccc12. The second kappa shape index (κ2) is 5.73. The summed E-state index contributed by atoms with van der Waals surface area (Å²) in [5.41, 5.74) is 3.83. The van der Waals surface area contributed by atoms with E-state index in [0.717, 1.165) is 6.54 Å². The Labute approximate surface area is 123 Å². The van der Waals surface area contributed by atoms with E-state index in [0.29, 0.717) is 0 Å². The van der Waals surface area contributed by atoms with Gasteiger partial charge in [-0.25, -0.2) is 0 Å². The summed E-state index contributed by atoms with van der Waals surface area (Å²) in [6.45, 7) is 3.01. The number of hydrogen-bond acceptors (Lipinski definition) is 2. The van der Waals surface area contributed by atoms with Gasteiger partial charge in [-0.3, -0.25) is 0 Å². The van der Waals surface area contributed by atoms with E-state index in [4.69, 9.17) is 0 Å². The molecule has 0 saturated heterocycles. The minimum atomic E-state index is 0.893. The highest BCUT2D eigenvalue weighted by Crippen LogP contribution is 2.35. The van der Waals surface area contributed by atoms with Gasteiger partial charge in [0.15, 0.2) is 0 Å². The highest BCUT2D eigenvalue weighted by atomic mass is 32.2. The van der Waals surface area contributed by atoms with Gasteiger partial charge in [-0.15, -0.1) is 0 Å². The normalized spacial score (nSPS) is 11.1. The van der Waals surface area contributed by atoms with Gasteiger partial charge in [0.25, 0.3) is 0 Å². The zero-order valence-corrected chi connectivity index (χ0v) is 12.6. The number of aromatic nitrogens is 1. The van der Waals surface area contributed by atoms with E-state index in [1.54, 1.807) is 0 Å². The number of nitrogens with one attached hydrogen (secondary N) is 2. The van der Waals surface area contributed by atoms with Crippen molar-refractivity contribution in [3.8, 4) is 0 Å². The summed E-state index contributed by atoms with van der Waals surface area (Å²) in [5, 5.41) is 4.52. The molecule has 0 aliphatic rings. The number of aryl methyl sites for hydroxylation is 1. The van der Waals surface area contributed by atoms with Crippen LogP contribution in [0, 0.1) is 6.92 Å². The number of fused-ring (bicyclic) bond motifs is 1. The van der Waals surface area contributed by atoms with E-state index in [9.17, 15) is 0 Å². The molecule has 0 amide bonds. The molecule has 102 valence electrons. The maximum atomic E-state index is 3.36. The third-order valence-corrected chi connectivity index (χ3v) is 4.53. The van der Waals surface area contributed by atoms with Crippen LogP contribution in [0.1, 0.15) is 11.1 Å². The minimum Gasteiger partial charge on any atom is -0.360 e. The zero-order chi connectivity index (χ0) is 13.9. The molecule has 3 aromatic rings. The Bertz CT molecular complexity index is 731. The largest absolute Gasteiger partial charge is 0.360 e. The summed E-state index contributed by atoms with van der Waals surface area (Å²) < 4.78 is 0. The van der Waals surface area contributed by atoms with E-state index >= 15 is 0 Å². The lowest BCUT2D eigenvalue weighted by Gasteiger charge is -2.08. The molecule has 20 heavy (non-hydrogen) atoms. The lowest BCUT2D eigenvalue weighted by molar-refractivity contribution is 0.803. The first kappa shape index (κ1) is 13.3. The first-order valence-electron chi connectivity index (χ1n) is 6.76. The molecule has 3 heteroatoms. The highest BCUT2D eigenvalue weighted by molar-refractivity contribution is 7.99. The molecule has 1 heterocycles. The fraction of sp³-hybridized carbons (Fsp3) is 0.176. The number of hydrogen-bond donors (Lipinski definition) is 2. The zero-order valence-electron chi connectivity index (χ0n) is 11.7. The van der Waals surface area contributed by atoms with Gasteiger partial charge >= 0.3 is 0 Å². The summed E-state index contributed by atoms with van der Waals surface area (Å²) >= 11 is 1.82. The molecule has 2 nitrogen and oxygen atoms in total. The molecular formula is C17H18N2S. The predicted octanol–water partition coefficient (Wildman–Crippen LogP) is 4.35. The average Bonchev–Trinajstić information content (AvgIpc) is 2.83. The molecule has 2 N–H and O–H groups in total. The van der Waals surface area contributed by atoms with Crippen LogP contribution in [0.5, 0.6) is 0 Å². The van der Waals surface area contributed by atoms with Crippen molar-refractivity contribution in [1.82, 2.24) is 10.3 Å². The maximum absolute atomic E-state index is 3.36. The third kappa shape index (κ3) is 2.60. The fourth-order valence-corrected chi connectivity index (χ4v) is 3.42. The molecule has 0 bridgehead atoms. The maximum Gasteiger partial charge on any atom is 0.0468 e. The van der Waals surface area contributed by atoms with Crippen LogP contribution in [0.2, 0.25) is 0 Å². The topological polar surface area (TPSA) is 27.8 Å². The van der Waals surface area contributed by atoms with Crippen molar-refractivity contribution in [3.05, 3.63) is 59.8 Å². The molecule has 0 aliphatic carbocycles. The van der Waals surface area contributed by atoms with Crippen molar-refractivity contribution >= 4 is 22.7 Å². The summed E-state index contributed by atoms with van der Waals surface area (Å²) in [5.74, 6) is 0. The minimum absolute atomic E-state index is 0.893. The average molecular weight is 282 g/mol. The van der Waals surface area contributed by atoms with Crippen molar-refractivity contribution < 1.29 is 0 Å². The monoisotopic (exact) mass is 282 g/mol. The number of aromatic amines is 1. The molecule has 2 aromatic carbocycles. The van der Waals surface area contributed by atoms with Crippen molar-refractivity contribution in [2.24, 2.45) is 0 Å². The van der Waals surface area contributed by atoms with Gasteiger partial charge in [0.1, 0.15) is 0 Å². The quantitative estimate of drug-likeness (QED) is 0.744. The smallest absolute Gasteiger partial charge is 0.0468 e. The molecule has 1 aromatic heterocycles. The molecule has 0 unspecified atom stereocenters. The van der Waals surface area contributed by atoms with Crippen molar-refractivity contribution in [2.45, 2.75) is 23.3 Å². The Morgan fingerprint density at radius 1 is 1.10 bits per heavy atom. The van der Waals surface area contributed by atoms with E-state index in [1.165, 1.54) is 31.8 Å². The molecular weight excluding hydrogens is 264 g/mol. The summed E-state index contributed by atoms with van der Waals surface area (Å²) in [6.07, 6.45) is 2.10. The van der Waals surface area contributed by atoms with E-state index in [2.05, 4.69) is 65.9 Å². The first-order valence-corrected chi connectivity index (χ1v) is 7.57.